The Morgan fingerprint density at radius 1 is 0.903 bits per heavy atom. The lowest BCUT2D eigenvalue weighted by Gasteiger charge is -2.34. The molecule has 0 aromatic heterocycles. The SMILES string of the molecule is COc1cc2c(cc1OC)[C@H](C[NH+]1CC[NH+](Cc3ccc4c(c3)OCO4)CC1)OCC2. The van der Waals surface area contributed by atoms with E-state index in [4.69, 9.17) is 23.7 Å². The smallest absolute Gasteiger partial charge is 0.231 e. The standard InChI is InChI=1S/C24H30N2O5/c1-27-21-12-18-5-10-29-24(19(18)13-22(21)28-2)15-26-8-6-25(7-9-26)14-17-3-4-20-23(11-17)31-16-30-20/h3-4,11-13,24H,5-10,14-16H2,1-2H3/p+2/t24-/m0/s1. The molecule has 1 saturated heterocycles. The first kappa shape index (κ1) is 20.4. The van der Waals surface area contributed by atoms with Crippen LogP contribution in [0.15, 0.2) is 30.3 Å². The average Bonchev–Trinajstić information content (AvgIpc) is 3.27. The fourth-order valence-electron chi connectivity index (χ4n) is 4.96. The third-order valence-electron chi connectivity index (χ3n) is 6.71. The first-order chi connectivity index (χ1) is 15.2. The average molecular weight is 429 g/mol. The number of methoxy groups -OCH3 is 2. The van der Waals surface area contributed by atoms with Crippen LogP contribution in [-0.2, 0) is 17.7 Å². The lowest BCUT2D eigenvalue weighted by atomic mass is 9.96. The van der Waals surface area contributed by atoms with Crippen LogP contribution in [0.4, 0.5) is 0 Å². The summed E-state index contributed by atoms with van der Waals surface area (Å²) in [5, 5.41) is 0. The van der Waals surface area contributed by atoms with E-state index in [1.807, 2.05) is 6.07 Å². The Hall–Kier alpha value is -2.48. The van der Waals surface area contributed by atoms with Gasteiger partial charge in [-0.2, -0.15) is 0 Å². The molecule has 7 heteroatoms. The molecule has 2 aromatic carbocycles. The summed E-state index contributed by atoms with van der Waals surface area (Å²) < 4.78 is 28.2. The Morgan fingerprint density at radius 2 is 1.65 bits per heavy atom. The quantitative estimate of drug-likeness (QED) is 0.680. The molecule has 5 rings (SSSR count). The van der Waals surface area contributed by atoms with Gasteiger partial charge in [0.2, 0.25) is 6.79 Å². The van der Waals surface area contributed by atoms with Gasteiger partial charge >= 0.3 is 0 Å². The highest BCUT2D eigenvalue weighted by Crippen LogP contribution is 2.36. The third kappa shape index (κ3) is 4.31. The van der Waals surface area contributed by atoms with Gasteiger partial charge in [-0.25, -0.2) is 0 Å². The predicted octanol–water partition coefficient (Wildman–Crippen LogP) is 0.0299. The number of hydrogen-bond donors (Lipinski definition) is 2. The zero-order valence-electron chi connectivity index (χ0n) is 18.4. The summed E-state index contributed by atoms with van der Waals surface area (Å²) in [5.74, 6) is 3.32. The molecule has 3 aliphatic heterocycles. The van der Waals surface area contributed by atoms with E-state index in [-0.39, 0.29) is 6.10 Å². The molecule has 166 valence electrons. The van der Waals surface area contributed by atoms with Crippen LogP contribution in [0.5, 0.6) is 23.0 Å². The zero-order valence-corrected chi connectivity index (χ0v) is 18.4. The lowest BCUT2D eigenvalue weighted by Crippen LogP contribution is -3.27. The third-order valence-corrected chi connectivity index (χ3v) is 6.71. The molecule has 0 unspecified atom stereocenters. The Bertz CT molecular complexity index is 926. The number of benzene rings is 2. The van der Waals surface area contributed by atoms with Gasteiger partial charge in [0.15, 0.2) is 23.0 Å². The molecular weight excluding hydrogens is 396 g/mol. The Kier molecular flexibility index (Phi) is 5.89. The maximum atomic E-state index is 6.20. The number of nitrogens with one attached hydrogen (secondary N) is 2. The Morgan fingerprint density at radius 3 is 2.45 bits per heavy atom. The summed E-state index contributed by atoms with van der Waals surface area (Å²) in [7, 11) is 3.38. The van der Waals surface area contributed by atoms with Crippen molar-refractivity contribution in [2.24, 2.45) is 0 Å². The molecule has 0 radical (unpaired) electrons. The van der Waals surface area contributed by atoms with E-state index in [9.17, 15) is 0 Å². The van der Waals surface area contributed by atoms with E-state index in [1.165, 1.54) is 16.7 Å². The maximum absolute atomic E-state index is 6.20. The summed E-state index contributed by atoms with van der Waals surface area (Å²) >= 11 is 0. The normalized spacial score (nSPS) is 24.5. The largest absolute Gasteiger partial charge is 0.493 e. The molecule has 0 amide bonds. The summed E-state index contributed by atoms with van der Waals surface area (Å²) in [6.07, 6.45) is 1.04. The number of hydrogen-bond acceptors (Lipinski definition) is 5. The predicted molar refractivity (Wildman–Crippen MR) is 114 cm³/mol. The first-order valence-electron chi connectivity index (χ1n) is 11.2. The van der Waals surface area contributed by atoms with Gasteiger partial charge in [-0.1, -0.05) is 0 Å². The fraction of sp³-hybridized carbons (Fsp3) is 0.500. The number of rotatable bonds is 6. The van der Waals surface area contributed by atoms with E-state index in [0.29, 0.717) is 6.79 Å². The summed E-state index contributed by atoms with van der Waals surface area (Å²) in [6.45, 7) is 7.76. The van der Waals surface area contributed by atoms with Crippen LogP contribution in [0.25, 0.3) is 0 Å². The highest BCUT2D eigenvalue weighted by Gasteiger charge is 2.30. The van der Waals surface area contributed by atoms with Gasteiger partial charge in [0.25, 0.3) is 0 Å². The number of piperazine rings is 1. The molecule has 31 heavy (non-hydrogen) atoms. The number of fused-ring (bicyclic) bond motifs is 2. The fourth-order valence-corrected chi connectivity index (χ4v) is 4.96. The molecule has 1 fully saturated rings. The van der Waals surface area contributed by atoms with Gasteiger partial charge in [-0.15, -0.1) is 0 Å². The molecule has 0 bridgehead atoms. The molecular formula is C24H32N2O5+2. The van der Waals surface area contributed by atoms with Crippen molar-refractivity contribution in [2.75, 3.05) is 60.3 Å². The highest BCUT2D eigenvalue weighted by atomic mass is 16.7. The summed E-state index contributed by atoms with van der Waals surface area (Å²) in [4.78, 5) is 3.24. The van der Waals surface area contributed by atoms with Gasteiger partial charge in [-0.3, -0.25) is 0 Å². The Labute approximate surface area is 183 Å². The topological polar surface area (TPSA) is 55.0 Å². The molecule has 2 N–H and O–H groups in total. The number of ether oxygens (including phenoxy) is 5. The van der Waals surface area contributed by atoms with E-state index >= 15 is 0 Å². The Balaban J connectivity index is 1.19. The van der Waals surface area contributed by atoms with Gasteiger partial charge in [-0.05, 0) is 47.9 Å². The maximum Gasteiger partial charge on any atom is 0.231 e. The van der Waals surface area contributed by atoms with Crippen molar-refractivity contribution in [1.29, 1.82) is 0 Å². The van der Waals surface area contributed by atoms with E-state index in [1.54, 1.807) is 24.0 Å². The number of quaternary nitrogens is 2. The highest BCUT2D eigenvalue weighted by molar-refractivity contribution is 5.49. The van der Waals surface area contributed by atoms with Crippen molar-refractivity contribution in [3.05, 3.63) is 47.0 Å². The monoisotopic (exact) mass is 428 g/mol. The second-order valence-corrected chi connectivity index (χ2v) is 8.58. The van der Waals surface area contributed by atoms with Crippen LogP contribution in [0.2, 0.25) is 0 Å². The first-order valence-corrected chi connectivity index (χ1v) is 11.2. The van der Waals surface area contributed by atoms with Crippen LogP contribution in [0, 0.1) is 0 Å². The van der Waals surface area contributed by atoms with Crippen LogP contribution in [-0.4, -0.2) is 60.3 Å². The van der Waals surface area contributed by atoms with Crippen molar-refractivity contribution in [1.82, 2.24) is 0 Å². The molecule has 0 spiro atoms. The molecule has 1 atom stereocenters. The van der Waals surface area contributed by atoms with Crippen molar-refractivity contribution in [2.45, 2.75) is 19.1 Å². The molecule has 0 aliphatic carbocycles. The van der Waals surface area contributed by atoms with Crippen molar-refractivity contribution in [3.8, 4) is 23.0 Å². The van der Waals surface area contributed by atoms with Crippen LogP contribution < -0.4 is 28.7 Å². The van der Waals surface area contributed by atoms with E-state index in [0.717, 1.165) is 75.3 Å². The van der Waals surface area contributed by atoms with E-state index < -0.39 is 0 Å². The van der Waals surface area contributed by atoms with Gasteiger partial charge in [0.1, 0.15) is 45.4 Å². The summed E-state index contributed by atoms with van der Waals surface area (Å²) in [6, 6.07) is 10.5. The minimum atomic E-state index is 0.119. The van der Waals surface area contributed by atoms with E-state index in [2.05, 4.69) is 24.3 Å². The van der Waals surface area contributed by atoms with Crippen molar-refractivity contribution >= 4 is 0 Å². The van der Waals surface area contributed by atoms with Crippen molar-refractivity contribution < 1.29 is 33.5 Å². The van der Waals surface area contributed by atoms with Crippen LogP contribution in [0.1, 0.15) is 22.8 Å². The molecule has 7 nitrogen and oxygen atoms in total. The van der Waals surface area contributed by atoms with Crippen LogP contribution in [0.3, 0.4) is 0 Å². The lowest BCUT2D eigenvalue weighted by molar-refractivity contribution is -1.02. The molecule has 3 aliphatic rings. The van der Waals surface area contributed by atoms with Crippen molar-refractivity contribution in [3.63, 3.8) is 0 Å². The molecule has 0 saturated carbocycles. The second kappa shape index (κ2) is 8.94. The summed E-state index contributed by atoms with van der Waals surface area (Å²) in [5.41, 5.74) is 3.89. The zero-order chi connectivity index (χ0) is 21.2. The molecule has 2 aromatic rings. The van der Waals surface area contributed by atoms with Gasteiger partial charge < -0.3 is 33.5 Å². The van der Waals surface area contributed by atoms with Gasteiger partial charge in [0.05, 0.1) is 20.8 Å². The molecule has 3 heterocycles. The van der Waals surface area contributed by atoms with Gasteiger partial charge in [0, 0.05) is 5.56 Å². The minimum Gasteiger partial charge on any atom is -0.493 e. The second-order valence-electron chi connectivity index (χ2n) is 8.58. The minimum absolute atomic E-state index is 0.119. The van der Waals surface area contributed by atoms with Crippen LogP contribution >= 0.6 is 0 Å².